The molecule has 0 N–H and O–H groups in total. The van der Waals surface area contributed by atoms with Crippen LogP contribution in [0, 0.1) is 5.92 Å². The summed E-state index contributed by atoms with van der Waals surface area (Å²) < 4.78 is 0. The third kappa shape index (κ3) is 3.00. The van der Waals surface area contributed by atoms with Crippen LogP contribution < -0.4 is 9.80 Å². The van der Waals surface area contributed by atoms with Crippen LogP contribution in [0.25, 0.3) is 0 Å². The van der Waals surface area contributed by atoms with Gasteiger partial charge in [0.25, 0.3) is 0 Å². The van der Waals surface area contributed by atoms with E-state index in [9.17, 15) is 0 Å². The average Bonchev–Trinajstić information content (AvgIpc) is 2.52. The minimum atomic E-state index is 0.282. The second-order valence-electron chi connectivity index (χ2n) is 6.83. The second-order valence-corrected chi connectivity index (χ2v) is 6.83. The van der Waals surface area contributed by atoms with E-state index in [-0.39, 0.29) is 5.92 Å². The molecule has 1 saturated heterocycles. The molecule has 0 bridgehead atoms. The molecule has 5 nitrogen and oxygen atoms in total. The van der Waals surface area contributed by atoms with E-state index in [0.717, 1.165) is 24.3 Å². The maximum atomic E-state index is 4.72. The summed E-state index contributed by atoms with van der Waals surface area (Å²) in [6, 6.07) is 11.0. The van der Waals surface area contributed by atoms with Gasteiger partial charge in [-0.2, -0.15) is 15.0 Å². The van der Waals surface area contributed by atoms with Crippen molar-refractivity contribution in [3.8, 4) is 0 Å². The van der Waals surface area contributed by atoms with Crippen molar-refractivity contribution >= 4 is 11.9 Å². The zero-order valence-electron chi connectivity index (χ0n) is 14.6. The van der Waals surface area contributed by atoms with Gasteiger partial charge in [-0.25, -0.2) is 0 Å². The molecule has 0 unspecified atom stereocenters. The summed E-state index contributed by atoms with van der Waals surface area (Å²) in [5, 5.41) is 0. The van der Waals surface area contributed by atoms with Crippen LogP contribution in [0.15, 0.2) is 30.3 Å². The molecule has 5 heteroatoms. The molecule has 2 aromatic rings. The van der Waals surface area contributed by atoms with Gasteiger partial charge < -0.3 is 9.80 Å². The number of hydrogen-bond acceptors (Lipinski definition) is 5. The molecule has 0 spiro atoms. The zero-order chi connectivity index (χ0) is 16.6. The van der Waals surface area contributed by atoms with Crippen molar-refractivity contribution in [3.63, 3.8) is 0 Å². The van der Waals surface area contributed by atoms with Gasteiger partial charge in [0, 0.05) is 26.6 Å². The minimum absolute atomic E-state index is 0.282. The maximum Gasteiger partial charge on any atom is 0.230 e. The minimum Gasteiger partial charge on any atom is -0.347 e. The van der Waals surface area contributed by atoms with Crippen LogP contribution in [0.2, 0.25) is 0 Å². The van der Waals surface area contributed by atoms with Crippen molar-refractivity contribution in [2.45, 2.75) is 32.7 Å². The lowest BCUT2D eigenvalue weighted by Gasteiger charge is -2.47. The highest BCUT2D eigenvalue weighted by Gasteiger charge is 2.39. The average molecular weight is 311 g/mol. The van der Waals surface area contributed by atoms with Crippen LogP contribution >= 0.6 is 0 Å². The van der Waals surface area contributed by atoms with Crippen molar-refractivity contribution in [1.82, 2.24) is 15.0 Å². The quantitative estimate of drug-likeness (QED) is 0.867. The lowest BCUT2D eigenvalue weighted by molar-refractivity contribution is 0.318. The van der Waals surface area contributed by atoms with Crippen molar-refractivity contribution in [3.05, 3.63) is 41.7 Å². The Balaban J connectivity index is 1.97. The Kier molecular flexibility index (Phi) is 4.20. The Morgan fingerprint density at radius 1 is 1.09 bits per heavy atom. The van der Waals surface area contributed by atoms with Gasteiger partial charge in [0.1, 0.15) is 5.82 Å². The van der Waals surface area contributed by atoms with Crippen LogP contribution in [0.4, 0.5) is 11.9 Å². The van der Waals surface area contributed by atoms with Gasteiger partial charge in [-0.15, -0.1) is 0 Å². The predicted molar refractivity (Wildman–Crippen MR) is 93.9 cm³/mol. The molecule has 1 aliphatic rings. The Hall–Kier alpha value is -2.17. The summed E-state index contributed by atoms with van der Waals surface area (Å²) in [7, 11) is 3.94. The van der Waals surface area contributed by atoms with Crippen molar-refractivity contribution in [2.24, 2.45) is 5.92 Å². The van der Waals surface area contributed by atoms with E-state index < -0.39 is 0 Å². The SMILES string of the molecule is CC(C)c1nc(N(C)C)nc(N2C[C@H](C)[C@@H]2c2ccccc2)n1. The molecule has 0 radical (unpaired) electrons. The van der Waals surface area contributed by atoms with E-state index in [1.54, 1.807) is 0 Å². The first-order chi connectivity index (χ1) is 11.0. The first-order valence-electron chi connectivity index (χ1n) is 8.22. The molecule has 0 saturated carbocycles. The number of rotatable bonds is 4. The Bertz CT molecular complexity index is 642. The fraction of sp³-hybridized carbons (Fsp3) is 0.500. The van der Waals surface area contributed by atoms with Gasteiger partial charge in [0.05, 0.1) is 6.04 Å². The third-order valence-corrected chi connectivity index (χ3v) is 4.30. The molecule has 0 aliphatic carbocycles. The lowest BCUT2D eigenvalue weighted by Crippen LogP contribution is -2.49. The Morgan fingerprint density at radius 3 is 2.35 bits per heavy atom. The normalized spacial score (nSPS) is 20.5. The standard InChI is InChI=1S/C18H25N5/c1-12(2)16-19-17(22(4)5)21-18(20-16)23-11-13(3)15(23)14-9-7-6-8-10-14/h6-10,12-13,15H,11H2,1-5H3/t13-,15+/m0/s1. The van der Waals surface area contributed by atoms with Crippen LogP contribution in [-0.4, -0.2) is 35.6 Å². The van der Waals surface area contributed by atoms with E-state index in [1.165, 1.54) is 5.56 Å². The molecule has 23 heavy (non-hydrogen) atoms. The smallest absolute Gasteiger partial charge is 0.230 e. The first kappa shape index (κ1) is 15.7. The molecule has 1 aromatic heterocycles. The molecular weight excluding hydrogens is 286 g/mol. The first-order valence-corrected chi connectivity index (χ1v) is 8.22. The van der Waals surface area contributed by atoms with E-state index in [1.807, 2.05) is 19.0 Å². The Morgan fingerprint density at radius 2 is 1.78 bits per heavy atom. The summed E-state index contributed by atoms with van der Waals surface area (Å²) in [4.78, 5) is 18.2. The molecule has 2 atom stereocenters. The molecule has 1 aliphatic heterocycles. The fourth-order valence-corrected chi connectivity index (χ4v) is 3.01. The van der Waals surface area contributed by atoms with Crippen LogP contribution in [0.5, 0.6) is 0 Å². The summed E-state index contributed by atoms with van der Waals surface area (Å²) >= 11 is 0. The highest BCUT2D eigenvalue weighted by molar-refractivity contribution is 5.45. The molecule has 0 amide bonds. The highest BCUT2D eigenvalue weighted by atomic mass is 15.4. The number of hydrogen-bond donors (Lipinski definition) is 0. The number of aromatic nitrogens is 3. The van der Waals surface area contributed by atoms with Crippen LogP contribution in [0.3, 0.4) is 0 Å². The molecule has 122 valence electrons. The number of benzene rings is 1. The third-order valence-electron chi connectivity index (χ3n) is 4.30. The van der Waals surface area contributed by atoms with E-state index in [4.69, 9.17) is 4.98 Å². The molecule has 3 rings (SSSR count). The highest BCUT2D eigenvalue weighted by Crippen LogP contribution is 2.40. The van der Waals surface area contributed by atoms with Gasteiger partial charge in [-0.05, 0) is 11.5 Å². The van der Waals surface area contributed by atoms with Crippen molar-refractivity contribution < 1.29 is 0 Å². The van der Waals surface area contributed by atoms with Crippen molar-refractivity contribution in [2.75, 3.05) is 30.4 Å². The summed E-state index contributed by atoms with van der Waals surface area (Å²) in [6.45, 7) is 7.50. The maximum absolute atomic E-state index is 4.72. The molecular formula is C18H25N5. The second kappa shape index (κ2) is 6.14. The molecule has 1 aromatic carbocycles. The molecule has 1 fully saturated rings. The summed E-state index contributed by atoms with van der Waals surface area (Å²) in [6.07, 6.45) is 0. The van der Waals surface area contributed by atoms with Gasteiger partial charge in [-0.1, -0.05) is 51.1 Å². The number of anilines is 2. The van der Waals surface area contributed by atoms with Gasteiger partial charge in [0.15, 0.2) is 0 Å². The Labute approximate surface area is 138 Å². The van der Waals surface area contributed by atoms with Gasteiger partial charge in [-0.3, -0.25) is 0 Å². The fourth-order valence-electron chi connectivity index (χ4n) is 3.01. The zero-order valence-corrected chi connectivity index (χ0v) is 14.6. The van der Waals surface area contributed by atoms with E-state index in [2.05, 4.69) is 66.0 Å². The van der Waals surface area contributed by atoms with Gasteiger partial charge in [0.2, 0.25) is 11.9 Å². The largest absolute Gasteiger partial charge is 0.347 e. The lowest BCUT2D eigenvalue weighted by atomic mass is 9.85. The van der Waals surface area contributed by atoms with Crippen LogP contribution in [0.1, 0.15) is 44.1 Å². The van der Waals surface area contributed by atoms with E-state index >= 15 is 0 Å². The number of nitrogens with zero attached hydrogens (tertiary/aromatic N) is 5. The monoisotopic (exact) mass is 311 g/mol. The summed E-state index contributed by atoms with van der Waals surface area (Å²) in [5.41, 5.74) is 1.32. The topological polar surface area (TPSA) is 45.2 Å². The summed E-state index contributed by atoms with van der Waals surface area (Å²) in [5.74, 6) is 3.25. The van der Waals surface area contributed by atoms with Gasteiger partial charge >= 0.3 is 0 Å². The predicted octanol–water partition coefficient (Wildman–Crippen LogP) is 3.26. The van der Waals surface area contributed by atoms with Crippen LogP contribution in [-0.2, 0) is 0 Å². The van der Waals surface area contributed by atoms with E-state index in [0.29, 0.717) is 12.0 Å². The molecule has 2 heterocycles. The van der Waals surface area contributed by atoms with Crippen molar-refractivity contribution in [1.29, 1.82) is 0 Å².